The van der Waals surface area contributed by atoms with E-state index in [2.05, 4.69) is 43.1 Å². The molecule has 0 radical (unpaired) electrons. The Balaban J connectivity index is 2.16. The predicted octanol–water partition coefficient (Wildman–Crippen LogP) is 4.53. The van der Waals surface area contributed by atoms with Crippen LogP contribution in [0.2, 0.25) is 0 Å². The molecule has 0 fully saturated rings. The third-order valence-electron chi connectivity index (χ3n) is 3.12. The van der Waals surface area contributed by atoms with Crippen molar-refractivity contribution in [2.24, 2.45) is 0 Å². The van der Waals surface area contributed by atoms with E-state index in [9.17, 15) is 0 Å². The summed E-state index contributed by atoms with van der Waals surface area (Å²) >= 11 is 6.50. The molecule has 0 spiro atoms. The van der Waals surface area contributed by atoms with E-state index in [1.807, 2.05) is 19.2 Å². The molecule has 0 saturated carbocycles. The van der Waals surface area contributed by atoms with Gasteiger partial charge in [-0.15, -0.1) is 11.6 Å². The Hall–Kier alpha value is -1.34. The lowest BCUT2D eigenvalue weighted by molar-refractivity contribution is 0.871. The van der Waals surface area contributed by atoms with Gasteiger partial charge in [0.05, 0.1) is 5.38 Å². The largest absolute Gasteiger partial charge is 0.261 e. The average Bonchev–Trinajstić information content (AvgIpc) is 2.32. The van der Waals surface area contributed by atoms with Crippen molar-refractivity contribution in [1.82, 2.24) is 4.98 Å². The summed E-state index contributed by atoms with van der Waals surface area (Å²) in [5, 5.41) is -0.0131. The molecule has 0 aliphatic carbocycles. The third-order valence-corrected chi connectivity index (χ3v) is 3.51. The number of alkyl halides is 1. The molecule has 2 aromatic rings. The van der Waals surface area contributed by atoms with Crippen molar-refractivity contribution in [3.05, 3.63) is 64.5 Å². The van der Waals surface area contributed by atoms with E-state index in [1.165, 1.54) is 22.3 Å². The van der Waals surface area contributed by atoms with Gasteiger partial charge in [-0.1, -0.05) is 29.8 Å². The highest BCUT2D eigenvalue weighted by atomic mass is 35.5. The van der Waals surface area contributed by atoms with Gasteiger partial charge >= 0.3 is 0 Å². The fraction of sp³-hybridized carbons (Fsp3) is 0.312. The Morgan fingerprint density at radius 3 is 2.39 bits per heavy atom. The highest BCUT2D eigenvalue weighted by molar-refractivity contribution is 6.21. The third kappa shape index (κ3) is 3.11. The molecule has 1 aromatic heterocycles. The second kappa shape index (κ2) is 5.53. The van der Waals surface area contributed by atoms with Gasteiger partial charge in [-0.05, 0) is 43.5 Å². The number of aromatic nitrogens is 1. The highest BCUT2D eigenvalue weighted by Gasteiger charge is 2.12. The summed E-state index contributed by atoms with van der Waals surface area (Å²) < 4.78 is 0. The molecule has 0 aliphatic rings. The molecule has 94 valence electrons. The minimum absolute atomic E-state index is 0.0131. The Bertz CT molecular complexity index is 531. The van der Waals surface area contributed by atoms with Crippen molar-refractivity contribution in [3.63, 3.8) is 0 Å². The number of nitrogens with zero attached hydrogens (tertiary/aromatic N) is 1. The lowest BCUT2D eigenvalue weighted by Crippen LogP contribution is -2.00. The van der Waals surface area contributed by atoms with Crippen molar-refractivity contribution in [1.29, 1.82) is 0 Å². The van der Waals surface area contributed by atoms with Gasteiger partial charge < -0.3 is 0 Å². The van der Waals surface area contributed by atoms with E-state index in [0.717, 1.165) is 12.1 Å². The van der Waals surface area contributed by atoms with Crippen LogP contribution in [-0.2, 0) is 6.42 Å². The second-order valence-corrected chi connectivity index (χ2v) is 5.39. The van der Waals surface area contributed by atoms with Crippen LogP contribution in [0.5, 0.6) is 0 Å². The number of halogens is 1. The molecule has 1 aromatic carbocycles. The van der Waals surface area contributed by atoms with Crippen LogP contribution in [0.1, 0.15) is 33.3 Å². The zero-order chi connectivity index (χ0) is 13.1. The second-order valence-electron chi connectivity index (χ2n) is 4.86. The van der Waals surface area contributed by atoms with E-state index in [1.54, 1.807) is 0 Å². The number of pyridine rings is 1. The molecule has 18 heavy (non-hydrogen) atoms. The molecule has 2 rings (SSSR count). The van der Waals surface area contributed by atoms with Crippen LogP contribution >= 0.6 is 11.6 Å². The quantitative estimate of drug-likeness (QED) is 0.738. The minimum Gasteiger partial charge on any atom is -0.261 e. The fourth-order valence-corrected chi connectivity index (χ4v) is 2.49. The van der Waals surface area contributed by atoms with Crippen LogP contribution in [0.25, 0.3) is 0 Å². The smallest absolute Gasteiger partial charge is 0.0643 e. The summed E-state index contributed by atoms with van der Waals surface area (Å²) in [5.74, 6) is 0. The number of aryl methyl sites for hydroxylation is 3. The molecule has 1 nitrogen and oxygen atoms in total. The van der Waals surface area contributed by atoms with Gasteiger partial charge in [0.15, 0.2) is 0 Å². The highest BCUT2D eigenvalue weighted by Crippen LogP contribution is 2.27. The molecular weight excluding hydrogens is 242 g/mol. The molecular formula is C16H18ClN. The number of rotatable bonds is 3. The van der Waals surface area contributed by atoms with Gasteiger partial charge in [-0.2, -0.15) is 0 Å². The van der Waals surface area contributed by atoms with Crippen molar-refractivity contribution in [2.75, 3.05) is 0 Å². The normalized spacial score (nSPS) is 12.4. The minimum atomic E-state index is -0.0131. The zero-order valence-electron chi connectivity index (χ0n) is 11.1. The maximum atomic E-state index is 6.50. The molecule has 1 atom stereocenters. The van der Waals surface area contributed by atoms with Crippen LogP contribution in [0.4, 0.5) is 0 Å². The topological polar surface area (TPSA) is 12.9 Å². The number of hydrogen-bond donors (Lipinski definition) is 0. The van der Waals surface area contributed by atoms with E-state index >= 15 is 0 Å². The molecule has 0 saturated heterocycles. The van der Waals surface area contributed by atoms with Crippen LogP contribution in [0, 0.1) is 20.8 Å². The van der Waals surface area contributed by atoms with Crippen molar-refractivity contribution in [3.8, 4) is 0 Å². The Kier molecular flexibility index (Phi) is 4.03. The Morgan fingerprint density at radius 1 is 1.06 bits per heavy atom. The van der Waals surface area contributed by atoms with Gasteiger partial charge in [-0.3, -0.25) is 4.98 Å². The Morgan fingerprint density at radius 2 is 1.78 bits per heavy atom. The molecule has 1 heterocycles. The SMILES string of the molecule is Cc1ccc(CC(Cl)c2ccc(C)cc2C)nc1. The van der Waals surface area contributed by atoms with Crippen molar-refractivity contribution >= 4 is 11.6 Å². The van der Waals surface area contributed by atoms with Crippen LogP contribution < -0.4 is 0 Å². The maximum Gasteiger partial charge on any atom is 0.0643 e. The fourth-order valence-electron chi connectivity index (χ4n) is 2.09. The summed E-state index contributed by atoms with van der Waals surface area (Å²) in [6, 6.07) is 10.5. The maximum absolute atomic E-state index is 6.50. The van der Waals surface area contributed by atoms with Crippen molar-refractivity contribution in [2.45, 2.75) is 32.6 Å². The first-order valence-corrected chi connectivity index (χ1v) is 6.62. The summed E-state index contributed by atoms with van der Waals surface area (Å²) in [7, 11) is 0. The zero-order valence-corrected chi connectivity index (χ0v) is 11.8. The standard InChI is InChI=1S/C16H18ClN/c1-11-5-7-15(13(3)8-11)16(17)9-14-6-4-12(2)10-18-14/h4-8,10,16H,9H2,1-3H3. The summed E-state index contributed by atoms with van der Waals surface area (Å²) in [4.78, 5) is 4.41. The van der Waals surface area contributed by atoms with Gasteiger partial charge in [0.1, 0.15) is 0 Å². The van der Waals surface area contributed by atoms with Gasteiger partial charge in [-0.25, -0.2) is 0 Å². The van der Waals surface area contributed by atoms with Gasteiger partial charge in [0.25, 0.3) is 0 Å². The van der Waals surface area contributed by atoms with Crippen molar-refractivity contribution < 1.29 is 0 Å². The average molecular weight is 260 g/mol. The Labute approximate surface area is 114 Å². The monoisotopic (exact) mass is 259 g/mol. The summed E-state index contributed by atoms with van der Waals surface area (Å²) in [6.45, 7) is 6.25. The summed E-state index contributed by atoms with van der Waals surface area (Å²) in [5.41, 5.74) is 5.94. The predicted molar refractivity (Wildman–Crippen MR) is 77.2 cm³/mol. The van der Waals surface area contributed by atoms with Crippen LogP contribution in [0.3, 0.4) is 0 Å². The molecule has 0 N–H and O–H groups in total. The first kappa shape index (κ1) is 13.1. The number of hydrogen-bond acceptors (Lipinski definition) is 1. The van der Waals surface area contributed by atoms with E-state index in [0.29, 0.717) is 0 Å². The lowest BCUT2D eigenvalue weighted by Gasteiger charge is -2.13. The van der Waals surface area contributed by atoms with Gasteiger partial charge in [0.2, 0.25) is 0 Å². The van der Waals surface area contributed by atoms with Crippen LogP contribution in [0.15, 0.2) is 36.5 Å². The molecule has 2 heteroatoms. The molecule has 0 amide bonds. The first-order chi connectivity index (χ1) is 8.56. The molecule has 0 aliphatic heterocycles. The van der Waals surface area contributed by atoms with Gasteiger partial charge in [0, 0.05) is 18.3 Å². The molecule has 0 bridgehead atoms. The number of benzene rings is 1. The lowest BCUT2D eigenvalue weighted by atomic mass is 10.00. The van der Waals surface area contributed by atoms with Crippen LogP contribution in [-0.4, -0.2) is 4.98 Å². The summed E-state index contributed by atoms with van der Waals surface area (Å²) in [6.07, 6.45) is 2.66. The first-order valence-electron chi connectivity index (χ1n) is 6.19. The van der Waals surface area contributed by atoms with E-state index in [-0.39, 0.29) is 5.38 Å². The van der Waals surface area contributed by atoms with E-state index < -0.39 is 0 Å². The molecule has 1 unspecified atom stereocenters. The van der Waals surface area contributed by atoms with E-state index in [4.69, 9.17) is 11.6 Å².